The number of benzene rings is 2. The highest BCUT2D eigenvalue weighted by molar-refractivity contribution is 7.99. The minimum Gasteiger partial charge on any atom is -0.396 e. The predicted octanol–water partition coefficient (Wildman–Crippen LogP) is 5.72. The molecule has 0 radical (unpaired) electrons. The molecule has 0 saturated carbocycles. The second-order valence-electron chi connectivity index (χ2n) is 7.44. The van der Waals surface area contributed by atoms with Crippen LogP contribution in [0.2, 0.25) is 5.02 Å². The van der Waals surface area contributed by atoms with Gasteiger partial charge in [-0.1, -0.05) is 47.6 Å². The maximum atomic E-state index is 9.12. The first-order valence-electron chi connectivity index (χ1n) is 9.85. The minimum absolute atomic E-state index is 0.330. The maximum Gasteiger partial charge on any atom is 0.0433 e. The number of rotatable bonds is 5. The summed E-state index contributed by atoms with van der Waals surface area (Å²) in [6, 6.07) is 14.9. The van der Waals surface area contributed by atoms with Crippen LogP contribution in [0.25, 0.3) is 5.57 Å². The van der Waals surface area contributed by atoms with Crippen LogP contribution in [0.15, 0.2) is 58.3 Å². The van der Waals surface area contributed by atoms with Crippen LogP contribution in [-0.4, -0.2) is 36.2 Å². The van der Waals surface area contributed by atoms with Gasteiger partial charge in [-0.2, -0.15) is 0 Å². The first kappa shape index (κ1) is 19.1. The second kappa shape index (κ2) is 8.83. The van der Waals surface area contributed by atoms with Gasteiger partial charge in [0.15, 0.2) is 0 Å². The van der Waals surface area contributed by atoms with Crippen molar-refractivity contribution in [3.63, 3.8) is 0 Å². The van der Waals surface area contributed by atoms with Crippen molar-refractivity contribution in [1.29, 1.82) is 0 Å². The molecule has 2 aromatic carbocycles. The molecule has 2 nitrogen and oxygen atoms in total. The molecule has 4 heteroatoms. The van der Waals surface area contributed by atoms with Gasteiger partial charge in [-0.15, -0.1) is 0 Å². The maximum absolute atomic E-state index is 9.12. The third-order valence-electron chi connectivity index (χ3n) is 5.67. The molecule has 27 heavy (non-hydrogen) atoms. The van der Waals surface area contributed by atoms with Crippen molar-refractivity contribution in [1.82, 2.24) is 4.90 Å². The van der Waals surface area contributed by atoms with Crippen molar-refractivity contribution >= 4 is 28.9 Å². The summed E-state index contributed by atoms with van der Waals surface area (Å²) in [5.74, 6) is 0.709. The number of likely N-dealkylation sites (tertiary alicyclic amines) is 1. The van der Waals surface area contributed by atoms with E-state index in [-0.39, 0.29) is 0 Å². The number of hydrogen-bond donors (Lipinski definition) is 1. The second-order valence-corrected chi connectivity index (χ2v) is 8.96. The van der Waals surface area contributed by atoms with Crippen molar-refractivity contribution in [3.05, 3.63) is 64.7 Å². The summed E-state index contributed by atoms with van der Waals surface area (Å²) in [7, 11) is 0. The first-order chi connectivity index (χ1) is 13.2. The smallest absolute Gasteiger partial charge is 0.0433 e. The molecule has 142 valence electrons. The Balaban J connectivity index is 1.49. The molecule has 1 fully saturated rings. The monoisotopic (exact) mass is 399 g/mol. The first-order valence-corrected chi connectivity index (χ1v) is 11.0. The van der Waals surface area contributed by atoms with Crippen LogP contribution >= 0.6 is 23.4 Å². The molecule has 0 aliphatic carbocycles. The Hall–Kier alpha value is -1.26. The topological polar surface area (TPSA) is 23.5 Å². The number of aliphatic hydroxyl groups excluding tert-OH is 1. The molecule has 0 amide bonds. The standard InChI is InChI=1S/C23H26ClNOS/c24-18-7-8-23-21(16-18)19(20-4-1-2-6-22(20)27-23)5-3-12-25-13-9-17(10-14-25)11-15-26/h1-2,4-8,16-17,26H,3,9-15H2/b19-5-. The third kappa shape index (κ3) is 4.43. The Bertz CT molecular complexity index is 827. The van der Waals surface area contributed by atoms with Gasteiger partial charge >= 0.3 is 0 Å². The van der Waals surface area contributed by atoms with Gasteiger partial charge in [-0.05, 0) is 85.7 Å². The summed E-state index contributed by atoms with van der Waals surface area (Å²) >= 11 is 8.13. The summed E-state index contributed by atoms with van der Waals surface area (Å²) in [4.78, 5) is 5.17. The summed E-state index contributed by atoms with van der Waals surface area (Å²) in [5, 5.41) is 9.91. The molecule has 2 heterocycles. The fourth-order valence-corrected chi connectivity index (χ4v) is 5.39. The van der Waals surface area contributed by atoms with Crippen LogP contribution in [0.4, 0.5) is 0 Å². The highest BCUT2D eigenvalue weighted by Crippen LogP contribution is 2.46. The van der Waals surface area contributed by atoms with E-state index in [1.807, 2.05) is 17.8 Å². The molecule has 2 aliphatic rings. The van der Waals surface area contributed by atoms with E-state index < -0.39 is 0 Å². The lowest BCUT2D eigenvalue weighted by Crippen LogP contribution is -2.34. The van der Waals surface area contributed by atoms with E-state index in [9.17, 15) is 0 Å². The molecule has 0 atom stereocenters. The van der Waals surface area contributed by atoms with E-state index in [4.69, 9.17) is 16.7 Å². The molecular formula is C23H26ClNOS. The van der Waals surface area contributed by atoms with Crippen LogP contribution in [0, 0.1) is 5.92 Å². The molecular weight excluding hydrogens is 374 g/mol. The average Bonchev–Trinajstić information content (AvgIpc) is 2.69. The predicted molar refractivity (Wildman–Crippen MR) is 115 cm³/mol. The lowest BCUT2D eigenvalue weighted by molar-refractivity contribution is 0.160. The zero-order chi connectivity index (χ0) is 18.6. The van der Waals surface area contributed by atoms with Gasteiger partial charge < -0.3 is 10.0 Å². The van der Waals surface area contributed by atoms with Crippen LogP contribution in [0.3, 0.4) is 0 Å². The van der Waals surface area contributed by atoms with Gasteiger partial charge in [0, 0.05) is 28.0 Å². The van der Waals surface area contributed by atoms with E-state index in [0.717, 1.165) is 37.5 Å². The van der Waals surface area contributed by atoms with Crippen molar-refractivity contribution < 1.29 is 5.11 Å². The lowest BCUT2D eigenvalue weighted by atomic mass is 9.93. The molecule has 1 saturated heterocycles. The summed E-state index contributed by atoms with van der Waals surface area (Å²) in [6.45, 7) is 3.74. The number of fused-ring (bicyclic) bond motifs is 2. The van der Waals surface area contributed by atoms with E-state index in [2.05, 4.69) is 47.4 Å². The third-order valence-corrected chi connectivity index (χ3v) is 7.05. The summed E-state index contributed by atoms with van der Waals surface area (Å²) in [6.07, 6.45) is 6.84. The quantitative estimate of drug-likeness (QED) is 0.593. The largest absolute Gasteiger partial charge is 0.396 e. The van der Waals surface area contributed by atoms with E-state index >= 15 is 0 Å². The molecule has 2 aliphatic heterocycles. The van der Waals surface area contributed by atoms with Gasteiger partial charge in [-0.25, -0.2) is 0 Å². The van der Waals surface area contributed by atoms with Gasteiger partial charge in [0.1, 0.15) is 0 Å². The number of piperidine rings is 1. The zero-order valence-corrected chi connectivity index (χ0v) is 17.1. The molecule has 2 aromatic rings. The number of aliphatic hydroxyl groups is 1. The van der Waals surface area contributed by atoms with Gasteiger partial charge in [0.05, 0.1) is 0 Å². The minimum atomic E-state index is 0.330. The van der Waals surface area contributed by atoms with Crippen molar-refractivity contribution in [2.75, 3.05) is 26.2 Å². The van der Waals surface area contributed by atoms with Crippen molar-refractivity contribution in [2.45, 2.75) is 35.5 Å². The molecule has 0 spiro atoms. The number of nitrogens with zero attached hydrogens (tertiary/aromatic N) is 1. The van der Waals surface area contributed by atoms with Gasteiger partial charge in [0.25, 0.3) is 0 Å². The number of halogens is 1. The van der Waals surface area contributed by atoms with E-state index in [0.29, 0.717) is 12.5 Å². The Kier molecular flexibility index (Phi) is 6.24. The molecule has 4 rings (SSSR count). The Morgan fingerprint density at radius 1 is 1.07 bits per heavy atom. The van der Waals surface area contributed by atoms with Crippen LogP contribution in [-0.2, 0) is 0 Å². The normalized spacial score (nSPS) is 19.1. The van der Waals surface area contributed by atoms with Crippen LogP contribution < -0.4 is 0 Å². The zero-order valence-electron chi connectivity index (χ0n) is 15.5. The Morgan fingerprint density at radius 3 is 2.67 bits per heavy atom. The summed E-state index contributed by atoms with van der Waals surface area (Å²) < 4.78 is 0. The van der Waals surface area contributed by atoms with Gasteiger partial charge in [0.2, 0.25) is 0 Å². The Labute approximate surface area is 171 Å². The van der Waals surface area contributed by atoms with Crippen molar-refractivity contribution in [3.8, 4) is 0 Å². The van der Waals surface area contributed by atoms with Crippen LogP contribution in [0.1, 0.15) is 36.8 Å². The van der Waals surface area contributed by atoms with E-state index in [1.165, 1.54) is 39.3 Å². The highest BCUT2D eigenvalue weighted by Gasteiger charge is 2.21. The van der Waals surface area contributed by atoms with Crippen molar-refractivity contribution in [2.24, 2.45) is 5.92 Å². The summed E-state index contributed by atoms with van der Waals surface area (Å²) in [5.41, 5.74) is 3.89. The van der Waals surface area contributed by atoms with E-state index in [1.54, 1.807) is 0 Å². The fourth-order valence-electron chi connectivity index (χ4n) is 4.14. The fraction of sp³-hybridized carbons (Fsp3) is 0.391. The molecule has 0 aromatic heterocycles. The molecule has 0 bridgehead atoms. The van der Waals surface area contributed by atoms with Crippen LogP contribution in [0.5, 0.6) is 0 Å². The number of hydrogen-bond acceptors (Lipinski definition) is 3. The molecule has 1 N–H and O–H groups in total. The SMILES string of the molecule is OCCC1CCN(CC/C=C2/c3ccccc3Sc3ccc(Cl)cc32)CC1. The molecule has 0 unspecified atom stereocenters. The van der Waals surface area contributed by atoms with Gasteiger partial charge in [-0.3, -0.25) is 0 Å². The highest BCUT2D eigenvalue weighted by atomic mass is 35.5. The lowest BCUT2D eigenvalue weighted by Gasteiger charge is -2.31. The Morgan fingerprint density at radius 2 is 1.85 bits per heavy atom. The average molecular weight is 400 g/mol.